The lowest BCUT2D eigenvalue weighted by Gasteiger charge is -2.28. The second-order valence-corrected chi connectivity index (χ2v) is 8.80. The highest BCUT2D eigenvalue weighted by atomic mass is 32.2. The molecule has 4 rings (SSSR count). The molecule has 0 atom stereocenters. The number of hydrogen-bond donors (Lipinski definition) is 1. The minimum Gasteiger partial charge on any atom is -0.347 e. The minimum absolute atomic E-state index is 0.142. The van der Waals surface area contributed by atoms with Gasteiger partial charge in [-0.2, -0.15) is 4.31 Å². The van der Waals surface area contributed by atoms with Crippen LogP contribution in [0.5, 0.6) is 0 Å². The summed E-state index contributed by atoms with van der Waals surface area (Å²) in [6, 6.07) is 3.59. The maximum atomic E-state index is 12.4. The van der Waals surface area contributed by atoms with Crippen LogP contribution in [0.3, 0.4) is 0 Å². The summed E-state index contributed by atoms with van der Waals surface area (Å²) in [5, 5.41) is 2.70. The molecule has 0 radical (unpaired) electrons. The molecule has 0 saturated heterocycles. The Morgan fingerprint density at radius 1 is 1.36 bits per heavy atom. The average molecular weight is 363 g/mol. The predicted molar refractivity (Wildman–Crippen MR) is 91.2 cm³/mol. The zero-order valence-corrected chi connectivity index (χ0v) is 14.9. The lowest BCUT2D eigenvalue weighted by molar-refractivity contribution is 0.0941. The van der Waals surface area contributed by atoms with Crippen molar-refractivity contribution in [3.05, 3.63) is 41.7 Å². The Kier molecular flexibility index (Phi) is 3.92. The van der Waals surface area contributed by atoms with Crippen LogP contribution in [-0.2, 0) is 36.7 Å². The second-order valence-electron chi connectivity index (χ2n) is 6.58. The fourth-order valence-electron chi connectivity index (χ4n) is 3.19. The Balaban J connectivity index is 1.44. The molecule has 1 fully saturated rings. The fraction of sp³-hybridized carbons (Fsp3) is 0.500. The number of imidazole rings is 1. The molecule has 9 heteroatoms. The lowest BCUT2D eigenvalue weighted by Crippen LogP contribution is -2.40. The zero-order chi connectivity index (χ0) is 17.6. The van der Waals surface area contributed by atoms with Gasteiger partial charge < -0.3 is 14.5 Å². The number of carbonyl (C=O) groups is 1. The van der Waals surface area contributed by atoms with Gasteiger partial charge >= 0.3 is 0 Å². The lowest BCUT2D eigenvalue weighted by atomic mass is 10.3. The molecule has 25 heavy (non-hydrogen) atoms. The molecule has 1 saturated carbocycles. The Bertz CT molecular complexity index is 910. The van der Waals surface area contributed by atoms with E-state index >= 15 is 0 Å². The molecule has 8 nitrogen and oxygen atoms in total. The molecule has 1 amide bonds. The summed E-state index contributed by atoms with van der Waals surface area (Å²) in [5.74, 6) is 0.593. The molecular formula is C16H21N5O3S. The van der Waals surface area contributed by atoms with Gasteiger partial charge in [0.05, 0.1) is 30.2 Å². The van der Waals surface area contributed by atoms with E-state index in [1.165, 1.54) is 0 Å². The van der Waals surface area contributed by atoms with Crippen LogP contribution in [0, 0.1) is 0 Å². The number of aryl methyl sites for hydroxylation is 1. The topological polar surface area (TPSA) is 89.2 Å². The molecule has 0 spiro atoms. The van der Waals surface area contributed by atoms with Crippen molar-refractivity contribution in [2.75, 3.05) is 6.54 Å². The van der Waals surface area contributed by atoms with E-state index in [4.69, 9.17) is 0 Å². The van der Waals surface area contributed by atoms with Crippen molar-refractivity contribution in [2.24, 2.45) is 7.05 Å². The van der Waals surface area contributed by atoms with E-state index in [0.717, 1.165) is 24.4 Å². The molecule has 1 N–H and O–H groups in total. The van der Waals surface area contributed by atoms with Gasteiger partial charge in [-0.25, -0.2) is 13.4 Å². The molecule has 0 bridgehead atoms. The molecule has 2 aromatic rings. The summed E-state index contributed by atoms with van der Waals surface area (Å²) in [5.41, 5.74) is 1.49. The molecule has 2 aromatic heterocycles. The van der Waals surface area contributed by atoms with Crippen LogP contribution < -0.4 is 5.32 Å². The van der Waals surface area contributed by atoms with Crippen molar-refractivity contribution in [1.82, 2.24) is 23.7 Å². The minimum atomic E-state index is -3.17. The smallest absolute Gasteiger partial charge is 0.268 e. The van der Waals surface area contributed by atoms with Crippen molar-refractivity contribution in [2.45, 2.75) is 37.7 Å². The summed E-state index contributed by atoms with van der Waals surface area (Å²) in [6.45, 7) is 1.70. The molecule has 1 aliphatic heterocycles. The van der Waals surface area contributed by atoms with E-state index in [0.29, 0.717) is 31.9 Å². The number of nitrogens with zero attached hydrogens (tertiary/aromatic N) is 4. The van der Waals surface area contributed by atoms with Gasteiger partial charge in [-0.05, 0) is 25.0 Å². The van der Waals surface area contributed by atoms with E-state index in [-0.39, 0.29) is 11.2 Å². The summed E-state index contributed by atoms with van der Waals surface area (Å²) in [6.07, 6.45) is 5.08. The summed E-state index contributed by atoms with van der Waals surface area (Å²) < 4.78 is 30.1. The van der Waals surface area contributed by atoms with Crippen LogP contribution >= 0.6 is 0 Å². The first kappa shape index (κ1) is 16.3. The molecule has 2 aliphatic rings. The van der Waals surface area contributed by atoms with Crippen LogP contribution in [0.25, 0.3) is 0 Å². The van der Waals surface area contributed by atoms with Gasteiger partial charge in [0.25, 0.3) is 5.91 Å². The second kappa shape index (κ2) is 5.99. The average Bonchev–Trinajstić information content (AvgIpc) is 3.26. The van der Waals surface area contributed by atoms with Gasteiger partial charge in [-0.3, -0.25) is 4.79 Å². The van der Waals surface area contributed by atoms with Crippen molar-refractivity contribution in [1.29, 1.82) is 0 Å². The van der Waals surface area contributed by atoms with E-state index in [1.54, 1.807) is 21.1 Å². The number of sulfonamides is 1. The molecule has 3 heterocycles. The molecular weight excluding hydrogens is 342 g/mol. The van der Waals surface area contributed by atoms with Crippen molar-refractivity contribution >= 4 is 15.9 Å². The first-order valence-corrected chi connectivity index (χ1v) is 9.89. The Hall–Kier alpha value is -2.13. The highest BCUT2D eigenvalue weighted by Crippen LogP contribution is 2.32. The number of rotatable bonds is 5. The number of amides is 1. The third kappa shape index (κ3) is 2.98. The maximum absolute atomic E-state index is 12.4. The number of nitrogens with one attached hydrogen (secondary N) is 1. The van der Waals surface area contributed by atoms with E-state index in [2.05, 4.69) is 10.3 Å². The highest BCUT2D eigenvalue weighted by molar-refractivity contribution is 7.90. The third-order valence-electron chi connectivity index (χ3n) is 4.82. The molecule has 134 valence electrons. The molecule has 0 unspecified atom stereocenters. The Morgan fingerprint density at radius 3 is 2.84 bits per heavy atom. The Labute approximate surface area is 146 Å². The quantitative estimate of drug-likeness (QED) is 0.836. The van der Waals surface area contributed by atoms with Gasteiger partial charge in [-0.1, -0.05) is 0 Å². The van der Waals surface area contributed by atoms with Gasteiger partial charge in [0.2, 0.25) is 10.0 Å². The zero-order valence-electron chi connectivity index (χ0n) is 14.1. The van der Waals surface area contributed by atoms with Gasteiger partial charge in [0.1, 0.15) is 11.5 Å². The van der Waals surface area contributed by atoms with E-state index in [9.17, 15) is 13.2 Å². The SMILES string of the molecule is Cn1cccc1C(=O)NCc1cnc2n1CCN(S(=O)(=O)C1CC1)C2. The highest BCUT2D eigenvalue weighted by Gasteiger charge is 2.41. The third-order valence-corrected chi connectivity index (χ3v) is 7.17. The van der Waals surface area contributed by atoms with Crippen LogP contribution in [0.1, 0.15) is 34.8 Å². The first-order valence-electron chi connectivity index (χ1n) is 8.38. The van der Waals surface area contributed by atoms with Gasteiger partial charge in [-0.15, -0.1) is 0 Å². The van der Waals surface area contributed by atoms with Crippen LogP contribution in [0.2, 0.25) is 0 Å². The number of carbonyl (C=O) groups excluding carboxylic acids is 1. The van der Waals surface area contributed by atoms with Gasteiger partial charge in [0, 0.05) is 26.3 Å². The normalized spacial score (nSPS) is 18.1. The van der Waals surface area contributed by atoms with Crippen LogP contribution in [0.4, 0.5) is 0 Å². The van der Waals surface area contributed by atoms with Crippen molar-refractivity contribution in [3.63, 3.8) is 0 Å². The summed E-state index contributed by atoms with van der Waals surface area (Å²) >= 11 is 0. The van der Waals surface area contributed by atoms with Crippen LogP contribution in [-0.4, -0.2) is 44.5 Å². The largest absolute Gasteiger partial charge is 0.347 e. The van der Waals surface area contributed by atoms with Crippen LogP contribution in [0.15, 0.2) is 24.5 Å². The van der Waals surface area contributed by atoms with E-state index < -0.39 is 10.0 Å². The van der Waals surface area contributed by atoms with Gasteiger partial charge in [0.15, 0.2) is 0 Å². The number of aromatic nitrogens is 3. The van der Waals surface area contributed by atoms with E-state index in [1.807, 2.05) is 23.9 Å². The molecule has 1 aliphatic carbocycles. The Morgan fingerprint density at radius 2 is 2.16 bits per heavy atom. The monoisotopic (exact) mass is 363 g/mol. The molecule has 0 aromatic carbocycles. The predicted octanol–water partition coefficient (Wildman–Crippen LogP) is 0.459. The first-order chi connectivity index (χ1) is 12.0. The maximum Gasteiger partial charge on any atom is 0.268 e. The number of fused-ring (bicyclic) bond motifs is 1. The number of hydrogen-bond acceptors (Lipinski definition) is 4. The van der Waals surface area contributed by atoms with Crippen molar-refractivity contribution in [3.8, 4) is 0 Å². The fourth-order valence-corrected chi connectivity index (χ4v) is 4.98. The summed E-state index contributed by atoms with van der Waals surface area (Å²) in [7, 11) is -1.35. The standard InChI is InChI=1S/C16H21N5O3S/c1-19-6-2-3-14(19)16(22)18-10-12-9-17-15-11-20(7-8-21(12)15)25(23,24)13-4-5-13/h2-3,6,9,13H,4-5,7-8,10-11H2,1H3,(H,18,22). The summed E-state index contributed by atoms with van der Waals surface area (Å²) in [4.78, 5) is 16.6. The van der Waals surface area contributed by atoms with Crippen molar-refractivity contribution < 1.29 is 13.2 Å².